The van der Waals surface area contributed by atoms with Crippen LogP contribution in [0.3, 0.4) is 0 Å². The molecule has 0 spiro atoms. The van der Waals surface area contributed by atoms with E-state index in [0.717, 1.165) is 5.56 Å². The zero-order chi connectivity index (χ0) is 15.4. The minimum absolute atomic E-state index is 0.138. The number of benzene rings is 2. The van der Waals surface area contributed by atoms with Crippen molar-refractivity contribution >= 4 is 40.8 Å². The third-order valence-corrected chi connectivity index (χ3v) is 3.63. The van der Waals surface area contributed by atoms with Gasteiger partial charge in [0.1, 0.15) is 5.75 Å². The van der Waals surface area contributed by atoms with Crippen LogP contribution in [0.1, 0.15) is 11.1 Å². The lowest BCUT2D eigenvalue weighted by molar-refractivity contribution is -0.130. The first-order valence-corrected chi connectivity index (χ1v) is 6.81. The minimum atomic E-state index is -1.04. The van der Waals surface area contributed by atoms with E-state index in [1.165, 1.54) is 6.07 Å². The fourth-order valence-corrected chi connectivity index (χ4v) is 2.10. The second-order valence-electron chi connectivity index (χ2n) is 4.27. The first-order chi connectivity index (χ1) is 10.0. The number of hydrogen-bond donors (Lipinski definition) is 1. The van der Waals surface area contributed by atoms with Gasteiger partial charge < -0.3 is 9.84 Å². The molecule has 2 aromatic rings. The monoisotopic (exact) mass is 322 g/mol. The van der Waals surface area contributed by atoms with Gasteiger partial charge >= 0.3 is 5.97 Å². The molecular formula is C16H12Cl2O3. The summed E-state index contributed by atoms with van der Waals surface area (Å²) in [5.41, 5.74) is 1.38. The summed E-state index contributed by atoms with van der Waals surface area (Å²) in [5.74, 6) is -0.331. The number of aliphatic carboxylic acids is 1. The molecule has 0 bridgehead atoms. The summed E-state index contributed by atoms with van der Waals surface area (Å²) >= 11 is 11.8. The predicted molar refractivity (Wildman–Crippen MR) is 85.0 cm³/mol. The lowest BCUT2D eigenvalue weighted by Gasteiger charge is -2.05. The van der Waals surface area contributed by atoms with Crippen molar-refractivity contribution in [2.24, 2.45) is 0 Å². The van der Waals surface area contributed by atoms with E-state index in [-0.39, 0.29) is 5.57 Å². The van der Waals surface area contributed by atoms with E-state index in [4.69, 9.17) is 27.9 Å². The number of ether oxygens (including phenoxy) is 1. The fourth-order valence-electron chi connectivity index (χ4n) is 1.80. The molecule has 0 atom stereocenters. The van der Waals surface area contributed by atoms with Crippen molar-refractivity contribution in [2.75, 3.05) is 7.11 Å². The van der Waals surface area contributed by atoms with Gasteiger partial charge in [0.2, 0.25) is 0 Å². The Morgan fingerprint density at radius 2 is 1.76 bits per heavy atom. The van der Waals surface area contributed by atoms with Crippen LogP contribution in [0.5, 0.6) is 5.75 Å². The molecule has 0 radical (unpaired) electrons. The first kappa shape index (κ1) is 15.4. The standard InChI is InChI=1S/C16H12Cl2O3/c1-21-12-5-2-10(3-6-12)8-13(16(19)20)11-4-7-14(17)15(18)9-11/h2-9H,1H3,(H,19,20)/b13-8-. The van der Waals surface area contributed by atoms with Crippen LogP contribution in [0.4, 0.5) is 0 Å². The number of carboxylic acid groups (broad SMARTS) is 1. The molecule has 3 nitrogen and oxygen atoms in total. The Kier molecular flexibility index (Phi) is 4.89. The molecular weight excluding hydrogens is 311 g/mol. The highest BCUT2D eigenvalue weighted by Gasteiger charge is 2.12. The smallest absolute Gasteiger partial charge is 0.336 e. The van der Waals surface area contributed by atoms with Crippen LogP contribution in [0, 0.1) is 0 Å². The second kappa shape index (κ2) is 6.66. The predicted octanol–water partition coefficient (Wildman–Crippen LogP) is 4.63. The molecule has 0 amide bonds. The Bertz CT molecular complexity index is 691. The topological polar surface area (TPSA) is 46.5 Å². The van der Waals surface area contributed by atoms with Crippen molar-refractivity contribution in [2.45, 2.75) is 0 Å². The van der Waals surface area contributed by atoms with Crippen LogP contribution < -0.4 is 4.74 Å². The summed E-state index contributed by atoms with van der Waals surface area (Å²) in [4.78, 5) is 11.5. The van der Waals surface area contributed by atoms with Gasteiger partial charge in [-0.25, -0.2) is 4.79 Å². The van der Waals surface area contributed by atoms with Gasteiger partial charge in [-0.3, -0.25) is 0 Å². The third-order valence-electron chi connectivity index (χ3n) is 2.89. The van der Waals surface area contributed by atoms with Crippen molar-refractivity contribution in [3.8, 4) is 5.75 Å². The summed E-state index contributed by atoms with van der Waals surface area (Å²) in [5, 5.41) is 10.1. The van der Waals surface area contributed by atoms with Gasteiger partial charge in [0.05, 0.1) is 22.7 Å². The second-order valence-corrected chi connectivity index (χ2v) is 5.08. The summed E-state index contributed by atoms with van der Waals surface area (Å²) in [6, 6.07) is 11.8. The van der Waals surface area contributed by atoms with Crippen LogP contribution in [0.2, 0.25) is 10.0 Å². The Balaban J connectivity index is 2.44. The first-order valence-electron chi connectivity index (χ1n) is 6.05. The Morgan fingerprint density at radius 3 is 2.29 bits per heavy atom. The Hall–Kier alpha value is -1.97. The maximum absolute atomic E-state index is 11.5. The minimum Gasteiger partial charge on any atom is -0.497 e. The number of carbonyl (C=O) groups is 1. The number of carboxylic acids is 1. The molecule has 1 N–H and O–H groups in total. The van der Waals surface area contributed by atoms with Crippen molar-refractivity contribution in [1.82, 2.24) is 0 Å². The normalized spacial score (nSPS) is 11.3. The molecule has 0 aliphatic heterocycles. The summed E-state index contributed by atoms with van der Waals surface area (Å²) in [6.07, 6.45) is 1.57. The van der Waals surface area contributed by atoms with Crippen LogP contribution in [-0.2, 0) is 4.79 Å². The molecule has 0 aromatic heterocycles. The van der Waals surface area contributed by atoms with E-state index in [1.54, 1.807) is 49.6 Å². The van der Waals surface area contributed by atoms with E-state index < -0.39 is 5.97 Å². The number of hydrogen-bond acceptors (Lipinski definition) is 2. The number of methoxy groups -OCH3 is 1. The molecule has 0 aliphatic rings. The quantitative estimate of drug-likeness (QED) is 0.659. The number of halogens is 2. The maximum Gasteiger partial charge on any atom is 0.336 e. The largest absolute Gasteiger partial charge is 0.497 e. The summed E-state index contributed by atoms with van der Waals surface area (Å²) in [6.45, 7) is 0. The molecule has 0 unspecified atom stereocenters. The lowest BCUT2D eigenvalue weighted by atomic mass is 10.0. The van der Waals surface area contributed by atoms with Crippen LogP contribution in [0.25, 0.3) is 11.6 Å². The fraction of sp³-hybridized carbons (Fsp3) is 0.0625. The molecule has 2 rings (SSSR count). The Labute approximate surface area is 132 Å². The molecule has 108 valence electrons. The highest BCUT2D eigenvalue weighted by Crippen LogP contribution is 2.27. The van der Waals surface area contributed by atoms with Gasteiger partial charge in [0.15, 0.2) is 0 Å². The van der Waals surface area contributed by atoms with Crippen molar-refractivity contribution in [3.05, 3.63) is 63.6 Å². The molecule has 21 heavy (non-hydrogen) atoms. The SMILES string of the molecule is COc1ccc(/C=C(\C(=O)O)c2ccc(Cl)c(Cl)c2)cc1. The van der Waals surface area contributed by atoms with Crippen molar-refractivity contribution in [1.29, 1.82) is 0 Å². The molecule has 2 aromatic carbocycles. The summed E-state index contributed by atoms with van der Waals surface area (Å²) < 4.78 is 5.07. The number of rotatable bonds is 4. The van der Waals surface area contributed by atoms with E-state index in [0.29, 0.717) is 21.4 Å². The van der Waals surface area contributed by atoms with Gasteiger partial charge in [-0.1, -0.05) is 41.4 Å². The zero-order valence-electron chi connectivity index (χ0n) is 11.1. The molecule has 5 heteroatoms. The average molecular weight is 323 g/mol. The van der Waals surface area contributed by atoms with Gasteiger partial charge in [-0.2, -0.15) is 0 Å². The van der Waals surface area contributed by atoms with Gasteiger partial charge in [-0.15, -0.1) is 0 Å². The lowest BCUT2D eigenvalue weighted by Crippen LogP contribution is -1.99. The summed E-state index contributed by atoms with van der Waals surface area (Å²) in [7, 11) is 1.57. The molecule has 0 fully saturated rings. The van der Waals surface area contributed by atoms with Crippen LogP contribution >= 0.6 is 23.2 Å². The maximum atomic E-state index is 11.5. The highest BCUT2D eigenvalue weighted by molar-refractivity contribution is 6.42. The van der Waals surface area contributed by atoms with E-state index in [1.807, 2.05) is 0 Å². The van der Waals surface area contributed by atoms with Crippen molar-refractivity contribution in [3.63, 3.8) is 0 Å². The van der Waals surface area contributed by atoms with E-state index >= 15 is 0 Å². The average Bonchev–Trinajstić information content (AvgIpc) is 2.48. The third kappa shape index (κ3) is 3.78. The highest BCUT2D eigenvalue weighted by atomic mass is 35.5. The molecule has 0 saturated heterocycles. The van der Waals surface area contributed by atoms with Gasteiger partial charge in [0, 0.05) is 0 Å². The molecule has 0 saturated carbocycles. The molecule has 0 heterocycles. The van der Waals surface area contributed by atoms with Gasteiger partial charge in [-0.05, 0) is 41.5 Å². The van der Waals surface area contributed by atoms with E-state index in [9.17, 15) is 9.90 Å². The van der Waals surface area contributed by atoms with Crippen LogP contribution in [0.15, 0.2) is 42.5 Å². The Morgan fingerprint density at radius 1 is 1.10 bits per heavy atom. The van der Waals surface area contributed by atoms with Gasteiger partial charge in [0.25, 0.3) is 0 Å². The zero-order valence-corrected chi connectivity index (χ0v) is 12.7. The molecule has 0 aliphatic carbocycles. The van der Waals surface area contributed by atoms with Crippen LogP contribution in [-0.4, -0.2) is 18.2 Å². The van der Waals surface area contributed by atoms with E-state index in [2.05, 4.69) is 0 Å². The van der Waals surface area contributed by atoms with Crippen molar-refractivity contribution < 1.29 is 14.6 Å².